The van der Waals surface area contributed by atoms with Crippen molar-refractivity contribution in [1.82, 2.24) is 9.38 Å². The van der Waals surface area contributed by atoms with Crippen LogP contribution in [0.2, 0.25) is 0 Å². The Kier molecular flexibility index (Phi) is 3.74. The Bertz CT molecular complexity index is 1160. The Morgan fingerprint density at radius 3 is 2.65 bits per heavy atom. The van der Waals surface area contributed by atoms with Gasteiger partial charge in [-0.3, -0.25) is 4.40 Å². The molecule has 0 atom stereocenters. The SMILES string of the molecule is Cc1cc(Nc2cccc(N(C)C)c2)n2c(nc3ccccc32)c1C#N. The average Bonchev–Trinajstić information content (AvgIpc) is 3.01. The van der Waals surface area contributed by atoms with Crippen molar-refractivity contribution in [2.45, 2.75) is 6.92 Å². The molecule has 26 heavy (non-hydrogen) atoms. The number of fused-ring (bicyclic) bond motifs is 3. The van der Waals surface area contributed by atoms with Gasteiger partial charge >= 0.3 is 0 Å². The van der Waals surface area contributed by atoms with Crippen LogP contribution in [0.4, 0.5) is 17.2 Å². The summed E-state index contributed by atoms with van der Waals surface area (Å²) in [5.41, 5.74) is 6.15. The highest BCUT2D eigenvalue weighted by molar-refractivity contribution is 5.86. The number of benzene rings is 2. The molecule has 0 spiro atoms. The number of hydrogen-bond acceptors (Lipinski definition) is 4. The molecule has 0 aliphatic rings. The average molecular weight is 341 g/mol. The standard InChI is InChI=1S/C21H19N5/c1-14-11-20(23-15-7-6-8-16(12-15)25(2)3)26-19-10-5-4-9-18(19)24-21(26)17(14)13-22/h4-12,23H,1-3H3. The molecule has 1 N–H and O–H groups in total. The van der Waals surface area contributed by atoms with Crippen LogP contribution >= 0.6 is 0 Å². The molecule has 4 rings (SSSR count). The summed E-state index contributed by atoms with van der Waals surface area (Å²) in [5, 5.41) is 13.1. The molecule has 2 aromatic carbocycles. The van der Waals surface area contributed by atoms with Gasteiger partial charge in [0.2, 0.25) is 0 Å². The topological polar surface area (TPSA) is 56.4 Å². The number of rotatable bonds is 3. The van der Waals surface area contributed by atoms with E-state index in [-0.39, 0.29) is 0 Å². The quantitative estimate of drug-likeness (QED) is 0.597. The number of nitrogens with zero attached hydrogens (tertiary/aromatic N) is 4. The third-order valence-electron chi connectivity index (χ3n) is 4.52. The molecule has 0 unspecified atom stereocenters. The van der Waals surface area contributed by atoms with Crippen LogP contribution < -0.4 is 10.2 Å². The summed E-state index contributed by atoms with van der Waals surface area (Å²) in [6.45, 7) is 1.94. The zero-order valence-electron chi connectivity index (χ0n) is 15.0. The van der Waals surface area contributed by atoms with E-state index in [0.29, 0.717) is 11.2 Å². The highest BCUT2D eigenvalue weighted by Crippen LogP contribution is 2.29. The first-order chi connectivity index (χ1) is 12.6. The molecule has 0 saturated heterocycles. The number of hydrogen-bond donors (Lipinski definition) is 1. The van der Waals surface area contributed by atoms with E-state index >= 15 is 0 Å². The molecule has 0 aliphatic heterocycles. The van der Waals surface area contributed by atoms with Gasteiger partial charge in [-0.2, -0.15) is 5.26 Å². The highest BCUT2D eigenvalue weighted by atomic mass is 15.1. The number of imidazole rings is 1. The van der Waals surface area contributed by atoms with Crippen LogP contribution in [0.1, 0.15) is 11.1 Å². The lowest BCUT2D eigenvalue weighted by atomic mass is 10.1. The van der Waals surface area contributed by atoms with Gasteiger partial charge in [-0.15, -0.1) is 0 Å². The minimum atomic E-state index is 0.605. The zero-order valence-corrected chi connectivity index (χ0v) is 15.0. The predicted molar refractivity (Wildman–Crippen MR) is 106 cm³/mol. The van der Waals surface area contributed by atoms with Crippen LogP contribution in [0.25, 0.3) is 16.7 Å². The van der Waals surface area contributed by atoms with E-state index in [1.807, 2.05) is 67.9 Å². The van der Waals surface area contributed by atoms with Gasteiger partial charge in [0.15, 0.2) is 5.65 Å². The Morgan fingerprint density at radius 2 is 1.88 bits per heavy atom. The van der Waals surface area contributed by atoms with E-state index in [9.17, 15) is 5.26 Å². The van der Waals surface area contributed by atoms with E-state index in [2.05, 4.69) is 33.4 Å². The maximum absolute atomic E-state index is 9.59. The summed E-state index contributed by atoms with van der Waals surface area (Å²) in [6, 6.07) is 20.5. The molecule has 0 fully saturated rings. The molecule has 4 aromatic rings. The van der Waals surface area contributed by atoms with Crippen LogP contribution in [-0.2, 0) is 0 Å². The van der Waals surface area contributed by atoms with E-state index in [1.165, 1.54) is 0 Å². The van der Waals surface area contributed by atoms with Gasteiger partial charge in [0.05, 0.1) is 16.6 Å². The fourth-order valence-corrected chi connectivity index (χ4v) is 3.20. The smallest absolute Gasteiger partial charge is 0.157 e. The minimum Gasteiger partial charge on any atom is -0.378 e. The maximum Gasteiger partial charge on any atom is 0.157 e. The summed E-state index contributed by atoms with van der Waals surface area (Å²) in [5.74, 6) is 0.890. The third kappa shape index (κ3) is 2.52. The molecule has 5 heteroatoms. The first kappa shape index (κ1) is 16.0. The van der Waals surface area contributed by atoms with E-state index in [4.69, 9.17) is 0 Å². The first-order valence-corrected chi connectivity index (χ1v) is 8.44. The lowest BCUT2D eigenvalue weighted by molar-refractivity contribution is 1.13. The summed E-state index contributed by atoms with van der Waals surface area (Å²) in [4.78, 5) is 6.75. The minimum absolute atomic E-state index is 0.605. The lowest BCUT2D eigenvalue weighted by Gasteiger charge is -2.16. The molecule has 128 valence electrons. The van der Waals surface area contributed by atoms with Gasteiger partial charge in [-0.1, -0.05) is 18.2 Å². The van der Waals surface area contributed by atoms with Gasteiger partial charge in [0.1, 0.15) is 11.9 Å². The van der Waals surface area contributed by atoms with Crippen LogP contribution in [-0.4, -0.2) is 23.5 Å². The molecular weight excluding hydrogens is 322 g/mol. The van der Waals surface area contributed by atoms with Gasteiger partial charge in [-0.25, -0.2) is 4.98 Å². The number of nitrogens with one attached hydrogen (secondary N) is 1. The predicted octanol–water partition coefficient (Wildman–Crippen LogP) is 4.48. The number of pyridine rings is 1. The number of nitriles is 1. The maximum atomic E-state index is 9.59. The van der Waals surface area contributed by atoms with E-state index in [0.717, 1.165) is 33.8 Å². The second-order valence-electron chi connectivity index (χ2n) is 6.53. The molecule has 5 nitrogen and oxygen atoms in total. The second kappa shape index (κ2) is 6.08. The van der Waals surface area contributed by atoms with Crippen LogP contribution in [0.3, 0.4) is 0 Å². The van der Waals surface area contributed by atoms with Crippen molar-refractivity contribution in [2.75, 3.05) is 24.3 Å². The molecule has 0 amide bonds. The largest absolute Gasteiger partial charge is 0.378 e. The first-order valence-electron chi connectivity index (χ1n) is 8.44. The summed E-state index contributed by atoms with van der Waals surface area (Å²) >= 11 is 0. The second-order valence-corrected chi connectivity index (χ2v) is 6.53. The normalized spacial score (nSPS) is 10.8. The Labute approximate surface area is 152 Å². The molecule has 0 radical (unpaired) electrons. The molecule has 2 heterocycles. The lowest BCUT2D eigenvalue weighted by Crippen LogP contribution is -2.09. The van der Waals surface area contributed by atoms with Gasteiger partial charge < -0.3 is 10.2 Å². The van der Waals surface area contributed by atoms with Crippen molar-refractivity contribution in [3.8, 4) is 6.07 Å². The van der Waals surface area contributed by atoms with Crippen LogP contribution in [0.15, 0.2) is 54.6 Å². The van der Waals surface area contributed by atoms with Crippen molar-refractivity contribution in [2.24, 2.45) is 0 Å². The van der Waals surface area contributed by atoms with Crippen molar-refractivity contribution in [3.05, 3.63) is 65.7 Å². The summed E-state index contributed by atoms with van der Waals surface area (Å²) < 4.78 is 2.02. The number of aromatic nitrogens is 2. The molecular formula is C21H19N5. The van der Waals surface area contributed by atoms with E-state index < -0.39 is 0 Å². The van der Waals surface area contributed by atoms with Crippen molar-refractivity contribution >= 4 is 33.9 Å². The number of aryl methyl sites for hydroxylation is 1. The monoisotopic (exact) mass is 341 g/mol. The fraction of sp³-hybridized carbons (Fsp3) is 0.143. The number of para-hydroxylation sites is 2. The van der Waals surface area contributed by atoms with Crippen molar-refractivity contribution in [1.29, 1.82) is 5.26 Å². The highest BCUT2D eigenvalue weighted by Gasteiger charge is 2.15. The molecule has 2 aromatic heterocycles. The van der Waals surface area contributed by atoms with Gasteiger partial charge in [0.25, 0.3) is 0 Å². The summed E-state index contributed by atoms with van der Waals surface area (Å²) in [6.07, 6.45) is 0. The molecule has 0 saturated carbocycles. The van der Waals surface area contributed by atoms with Gasteiger partial charge in [-0.05, 0) is 48.9 Å². The zero-order chi connectivity index (χ0) is 18.3. The Hall–Kier alpha value is -3.52. The van der Waals surface area contributed by atoms with Crippen LogP contribution in [0, 0.1) is 18.3 Å². The molecule has 0 aliphatic carbocycles. The fourth-order valence-electron chi connectivity index (χ4n) is 3.20. The third-order valence-corrected chi connectivity index (χ3v) is 4.52. The molecule has 0 bridgehead atoms. The number of anilines is 3. The van der Waals surface area contributed by atoms with Gasteiger partial charge in [0, 0.05) is 25.5 Å². The van der Waals surface area contributed by atoms with Crippen LogP contribution in [0.5, 0.6) is 0 Å². The Morgan fingerprint density at radius 1 is 1.08 bits per heavy atom. The van der Waals surface area contributed by atoms with Crippen molar-refractivity contribution < 1.29 is 0 Å². The Balaban J connectivity index is 1.95. The summed E-state index contributed by atoms with van der Waals surface area (Å²) in [7, 11) is 4.04. The van der Waals surface area contributed by atoms with Crippen molar-refractivity contribution in [3.63, 3.8) is 0 Å². The van der Waals surface area contributed by atoms with E-state index in [1.54, 1.807) is 0 Å².